The van der Waals surface area contributed by atoms with Crippen LogP contribution in [0, 0.1) is 13.8 Å². The summed E-state index contributed by atoms with van der Waals surface area (Å²) in [6, 6.07) is 9.15. The SMILES string of the molecule is CCC1CCCCN1C(=O)Cn1c(=O)n(-c2ccccc2)c(=O)c2c(C)c(C)sc21. The third kappa shape index (κ3) is 3.41. The van der Waals surface area contributed by atoms with Gasteiger partial charge in [0.05, 0.1) is 11.1 Å². The van der Waals surface area contributed by atoms with Crippen molar-refractivity contribution in [1.82, 2.24) is 14.0 Å². The second kappa shape index (κ2) is 8.22. The first-order chi connectivity index (χ1) is 14.4. The van der Waals surface area contributed by atoms with Crippen molar-refractivity contribution in [2.75, 3.05) is 6.54 Å². The van der Waals surface area contributed by atoms with Crippen molar-refractivity contribution in [3.05, 3.63) is 61.6 Å². The van der Waals surface area contributed by atoms with Crippen LogP contribution in [-0.4, -0.2) is 32.5 Å². The van der Waals surface area contributed by atoms with Crippen molar-refractivity contribution < 1.29 is 4.79 Å². The summed E-state index contributed by atoms with van der Waals surface area (Å²) >= 11 is 1.41. The summed E-state index contributed by atoms with van der Waals surface area (Å²) in [6.45, 7) is 6.64. The first-order valence-electron chi connectivity index (χ1n) is 10.5. The second-order valence-electron chi connectivity index (χ2n) is 7.95. The van der Waals surface area contributed by atoms with Gasteiger partial charge in [-0.05, 0) is 57.2 Å². The maximum absolute atomic E-state index is 13.5. The van der Waals surface area contributed by atoms with Gasteiger partial charge in [0.2, 0.25) is 5.91 Å². The third-order valence-corrected chi connectivity index (χ3v) is 7.41. The summed E-state index contributed by atoms with van der Waals surface area (Å²) in [6.07, 6.45) is 4.05. The fourth-order valence-corrected chi connectivity index (χ4v) is 5.52. The highest BCUT2D eigenvalue weighted by atomic mass is 32.1. The lowest BCUT2D eigenvalue weighted by molar-refractivity contribution is -0.135. The fourth-order valence-electron chi connectivity index (χ4n) is 4.38. The Bertz CT molecular complexity index is 1210. The molecule has 0 aliphatic carbocycles. The van der Waals surface area contributed by atoms with E-state index in [4.69, 9.17) is 0 Å². The van der Waals surface area contributed by atoms with Crippen LogP contribution in [0.5, 0.6) is 0 Å². The van der Waals surface area contributed by atoms with Crippen LogP contribution in [0.15, 0.2) is 39.9 Å². The molecular formula is C23H27N3O3S. The highest BCUT2D eigenvalue weighted by molar-refractivity contribution is 7.18. The van der Waals surface area contributed by atoms with Gasteiger partial charge in [0.25, 0.3) is 5.56 Å². The molecule has 3 aromatic rings. The number of fused-ring (bicyclic) bond motifs is 1. The number of rotatable bonds is 4. The molecule has 0 radical (unpaired) electrons. The lowest BCUT2D eigenvalue weighted by Gasteiger charge is -2.35. The summed E-state index contributed by atoms with van der Waals surface area (Å²) in [5.41, 5.74) is 0.605. The van der Waals surface area contributed by atoms with E-state index in [-0.39, 0.29) is 24.1 Å². The first kappa shape index (κ1) is 20.6. The van der Waals surface area contributed by atoms with Crippen LogP contribution in [0.3, 0.4) is 0 Å². The predicted molar refractivity (Wildman–Crippen MR) is 121 cm³/mol. The zero-order valence-corrected chi connectivity index (χ0v) is 18.5. The van der Waals surface area contributed by atoms with E-state index in [1.165, 1.54) is 20.5 Å². The molecule has 158 valence electrons. The standard InChI is InChI=1S/C23H27N3O3S/c1-4-17-10-8-9-13-24(17)19(27)14-25-22-20(15(2)16(3)30-22)21(28)26(23(25)29)18-11-6-5-7-12-18/h5-7,11-12,17H,4,8-10,13-14H2,1-3H3. The quantitative estimate of drug-likeness (QED) is 0.641. The third-order valence-electron chi connectivity index (χ3n) is 6.18. The van der Waals surface area contributed by atoms with Crippen molar-refractivity contribution in [3.63, 3.8) is 0 Å². The molecule has 1 unspecified atom stereocenters. The minimum absolute atomic E-state index is 0.0433. The Balaban J connectivity index is 1.89. The largest absolute Gasteiger partial charge is 0.338 e. The molecule has 1 aliphatic heterocycles. The monoisotopic (exact) mass is 425 g/mol. The minimum atomic E-state index is -0.460. The zero-order chi connectivity index (χ0) is 21.4. The Morgan fingerprint density at radius 1 is 1.13 bits per heavy atom. The van der Waals surface area contributed by atoms with Crippen LogP contribution in [-0.2, 0) is 11.3 Å². The average Bonchev–Trinajstić information content (AvgIpc) is 3.06. The van der Waals surface area contributed by atoms with Crippen LogP contribution in [0.4, 0.5) is 0 Å². The second-order valence-corrected chi connectivity index (χ2v) is 9.16. The maximum atomic E-state index is 13.5. The Labute approximate surface area is 179 Å². The summed E-state index contributed by atoms with van der Waals surface area (Å²) < 4.78 is 2.69. The van der Waals surface area contributed by atoms with Gasteiger partial charge in [-0.15, -0.1) is 11.3 Å². The molecule has 1 saturated heterocycles. The van der Waals surface area contributed by atoms with E-state index in [1.807, 2.05) is 24.8 Å². The Morgan fingerprint density at radius 3 is 2.57 bits per heavy atom. The number of amides is 1. The van der Waals surface area contributed by atoms with E-state index >= 15 is 0 Å². The number of likely N-dealkylation sites (tertiary alicyclic amines) is 1. The Hall–Kier alpha value is -2.67. The van der Waals surface area contributed by atoms with Gasteiger partial charge in [0.15, 0.2) is 0 Å². The van der Waals surface area contributed by atoms with Gasteiger partial charge in [0, 0.05) is 17.5 Å². The molecule has 0 N–H and O–H groups in total. The van der Waals surface area contributed by atoms with Gasteiger partial charge < -0.3 is 4.90 Å². The number of para-hydroxylation sites is 1. The lowest BCUT2D eigenvalue weighted by atomic mass is 10.00. The number of aromatic nitrogens is 2. The molecular weight excluding hydrogens is 398 g/mol. The van der Waals surface area contributed by atoms with Gasteiger partial charge in [-0.1, -0.05) is 25.1 Å². The fraction of sp³-hybridized carbons (Fsp3) is 0.435. The summed E-state index contributed by atoms with van der Waals surface area (Å²) in [7, 11) is 0. The topological polar surface area (TPSA) is 64.3 Å². The van der Waals surface area contributed by atoms with Gasteiger partial charge in [-0.25, -0.2) is 9.36 Å². The predicted octanol–water partition coefficient (Wildman–Crippen LogP) is 3.62. The highest BCUT2D eigenvalue weighted by Crippen LogP contribution is 2.27. The number of piperidine rings is 1. The highest BCUT2D eigenvalue weighted by Gasteiger charge is 2.27. The molecule has 2 aromatic heterocycles. The minimum Gasteiger partial charge on any atom is -0.338 e. The van der Waals surface area contributed by atoms with Crippen LogP contribution in [0.2, 0.25) is 0 Å². The van der Waals surface area contributed by atoms with Gasteiger partial charge in [-0.2, -0.15) is 0 Å². The Morgan fingerprint density at radius 2 is 1.87 bits per heavy atom. The van der Waals surface area contributed by atoms with E-state index in [9.17, 15) is 14.4 Å². The van der Waals surface area contributed by atoms with Gasteiger partial charge >= 0.3 is 5.69 Å². The number of carbonyl (C=O) groups excluding carboxylic acids is 1. The van der Waals surface area contributed by atoms with E-state index in [0.29, 0.717) is 15.9 Å². The smallest absolute Gasteiger partial charge is 0.337 e. The van der Waals surface area contributed by atoms with Crippen molar-refractivity contribution in [3.8, 4) is 5.69 Å². The van der Waals surface area contributed by atoms with Crippen molar-refractivity contribution in [2.45, 2.75) is 59.0 Å². The number of aryl methyl sites for hydroxylation is 2. The lowest BCUT2D eigenvalue weighted by Crippen LogP contribution is -2.47. The average molecular weight is 426 g/mol. The van der Waals surface area contributed by atoms with Gasteiger partial charge in [-0.3, -0.25) is 14.2 Å². The zero-order valence-electron chi connectivity index (χ0n) is 17.7. The van der Waals surface area contributed by atoms with Crippen LogP contribution in [0.1, 0.15) is 43.0 Å². The van der Waals surface area contributed by atoms with E-state index in [0.717, 1.165) is 42.7 Å². The molecule has 3 heterocycles. The number of nitrogens with zero attached hydrogens (tertiary/aromatic N) is 3. The maximum Gasteiger partial charge on any atom is 0.337 e. The molecule has 1 fully saturated rings. The molecule has 1 aliphatic rings. The number of carbonyl (C=O) groups is 1. The van der Waals surface area contributed by atoms with Crippen molar-refractivity contribution in [1.29, 1.82) is 0 Å². The number of hydrogen-bond donors (Lipinski definition) is 0. The van der Waals surface area contributed by atoms with Crippen molar-refractivity contribution >= 4 is 27.5 Å². The summed E-state index contributed by atoms with van der Waals surface area (Å²) in [5.74, 6) is -0.0492. The molecule has 0 bridgehead atoms. The van der Waals surface area contributed by atoms with Crippen LogP contribution >= 0.6 is 11.3 Å². The van der Waals surface area contributed by atoms with E-state index in [1.54, 1.807) is 24.3 Å². The molecule has 30 heavy (non-hydrogen) atoms. The molecule has 7 heteroatoms. The molecule has 1 amide bonds. The molecule has 1 atom stereocenters. The summed E-state index contributed by atoms with van der Waals surface area (Å²) in [5, 5.41) is 0.527. The van der Waals surface area contributed by atoms with E-state index < -0.39 is 5.69 Å². The van der Waals surface area contributed by atoms with E-state index in [2.05, 4.69) is 6.92 Å². The number of hydrogen-bond acceptors (Lipinski definition) is 4. The van der Waals surface area contributed by atoms with Gasteiger partial charge in [0.1, 0.15) is 11.4 Å². The normalized spacial score (nSPS) is 16.9. The van der Waals surface area contributed by atoms with Crippen LogP contribution in [0.25, 0.3) is 15.9 Å². The molecule has 1 aromatic carbocycles. The van der Waals surface area contributed by atoms with Crippen LogP contribution < -0.4 is 11.2 Å². The van der Waals surface area contributed by atoms with Crippen molar-refractivity contribution in [2.24, 2.45) is 0 Å². The Kier molecular flexibility index (Phi) is 5.64. The number of thiophene rings is 1. The first-order valence-corrected chi connectivity index (χ1v) is 11.4. The molecule has 4 rings (SSSR count). The molecule has 0 saturated carbocycles. The number of benzene rings is 1. The molecule has 6 nitrogen and oxygen atoms in total. The molecule has 0 spiro atoms. The summed E-state index contributed by atoms with van der Waals surface area (Å²) in [4.78, 5) is 43.5.